The molecule has 3 rings (SSSR count). The Bertz CT molecular complexity index is 650. The van der Waals surface area contributed by atoms with Crippen molar-refractivity contribution in [2.75, 3.05) is 13.1 Å². The van der Waals surface area contributed by atoms with Crippen LogP contribution >= 0.6 is 11.6 Å². The first-order chi connectivity index (χ1) is 9.92. The molecular weight excluding hydrogens is 307 g/mol. The van der Waals surface area contributed by atoms with Gasteiger partial charge in [-0.2, -0.15) is 18.2 Å². The Balaban J connectivity index is 2.01. The topological polar surface area (TPSA) is 51.0 Å². The lowest BCUT2D eigenvalue weighted by molar-refractivity contribution is -0.191. The largest absolute Gasteiger partial charge is 0.404 e. The Labute approximate surface area is 123 Å². The summed E-state index contributed by atoms with van der Waals surface area (Å²) in [6, 6.07) is 6.56. The van der Waals surface area contributed by atoms with E-state index in [4.69, 9.17) is 16.1 Å². The summed E-state index contributed by atoms with van der Waals surface area (Å²) >= 11 is 5.85. The maximum atomic E-state index is 13.4. The van der Waals surface area contributed by atoms with Crippen LogP contribution < -0.4 is 5.32 Å². The first kappa shape index (κ1) is 14.3. The number of hydrogen-bond acceptors (Lipinski definition) is 4. The van der Waals surface area contributed by atoms with Gasteiger partial charge in [0.25, 0.3) is 0 Å². The first-order valence-electron chi connectivity index (χ1n) is 6.30. The number of aromatic nitrogens is 2. The summed E-state index contributed by atoms with van der Waals surface area (Å²) in [5.74, 6) is -0.307. The molecule has 1 saturated heterocycles. The van der Waals surface area contributed by atoms with Crippen molar-refractivity contribution in [3.63, 3.8) is 0 Å². The number of halogens is 4. The van der Waals surface area contributed by atoms with Crippen molar-refractivity contribution in [1.29, 1.82) is 0 Å². The molecule has 4 nitrogen and oxygen atoms in total. The van der Waals surface area contributed by atoms with E-state index in [-0.39, 0.29) is 25.3 Å². The Morgan fingerprint density at radius 2 is 2.14 bits per heavy atom. The maximum absolute atomic E-state index is 13.4. The Morgan fingerprint density at radius 1 is 1.33 bits per heavy atom. The van der Waals surface area contributed by atoms with Crippen LogP contribution in [0.25, 0.3) is 11.4 Å². The predicted octanol–water partition coefficient (Wildman–Crippen LogP) is 3.18. The van der Waals surface area contributed by atoms with Crippen molar-refractivity contribution in [3.8, 4) is 11.4 Å². The molecule has 0 saturated carbocycles. The van der Waals surface area contributed by atoms with Crippen LogP contribution in [-0.4, -0.2) is 29.4 Å². The third-order valence-electron chi connectivity index (χ3n) is 3.62. The molecule has 1 aliphatic rings. The molecular formula is C13H11ClF3N3O. The fourth-order valence-corrected chi connectivity index (χ4v) is 2.59. The van der Waals surface area contributed by atoms with E-state index in [1.807, 2.05) is 0 Å². The van der Waals surface area contributed by atoms with Crippen LogP contribution in [0.4, 0.5) is 13.2 Å². The lowest BCUT2D eigenvalue weighted by Crippen LogP contribution is -2.44. The van der Waals surface area contributed by atoms with Gasteiger partial charge in [0.2, 0.25) is 11.7 Å². The summed E-state index contributed by atoms with van der Waals surface area (Å²) in [5.41, 5.74) is -1.60. The van der Waals surface area contributed by atoms with Crippen molar-refractivity contribution < 1.29 is 17.7 Å². The van der Waals surface area contributed by atoms with E-state index in [1.165, 1.54) is 0 Å². The quantitative estimate of drug-likeness (QED) is 0.924. The van der Waals surface area contributed by atoms with Crippen LogP contribution in [0.15, 0.2) is 28.8 Å². The Morgan fingerprint density at radius 3 is 2.76 bits per heavy atom. The second-order valence-corrected chi connectivity index (χ2v) is 5.38. The third kappa shape index (κ3) is 2.40. The van der Waals surface area contributed by atoms with Gasteiger partial charge in [0.15, 0.2) is 5.41 Å². The van der Waals surface area contributed by atoms with Crippen molar-refractivity contribution in [1.82, 2.24) is 15.5 Å². The summed E-state index contributed by atoms with van der Waals surface area (Å²) < 4.78 is 45.1. The molecule has 1 aromatic heterocycles. The SMILES string of the molecule is FC(F)(F)C1(c2nc(-c3cccc(Cl)c3)no2)CCNC1. The van der Waals surface area contributed by atoms with E-state index in [0.717, 1.165) is 0 Å². The van der Waals surface area contributed by atoms with E-state index in [0.29, 0.717) is 10.6 Å². The van der Waals surface area contributed by atoms with E-state index in [9.17, 15) is 13.2 Å². The van der Waals surface area contributed by atoms with E-state index >= 15 is 0 Å². The number of nitrogens with zero attached hydrogens (tertiary/aromatic N) is 2. The summed E-state index contributed by atoms with van der Waals surface area (Å²) in [7, 11) is 0. The molecule has 2 heterocycles. The Kier molecular flexibility index (Phi) is 3.41. The molecule has 0 bridgehead atoms. The van der Waals surface area contributed by atoms with Crippen molar-refractivity contribution in [3.05, 3.63) is 35.2 Å². The minimum Gasteiger partial charge on any atom is -0.338 e. The highest BCUT2D eigenvalue weighted by molar-refractivity contribution is 6.30. The minimum absolute atomic E-state index is 0.100. The fraction of sp³-hybridized carbons (Fsp3) is 0.385. The molecule has 1 atom stereocenters. The molecule has 1 aliphatic heterocycles. The molecule has 112 valence electrons. The highest BCUT2D eigenvalue weighted by Crippen LogP contribution is 2.45. The zero-order valence-corrected chi connectivity index (χ0v) is 11.5. The smallest absolute Gasteiger partial charge is 0.338 e. The van der Waals surface area contributed by atoms with Crippen LogP contribution in [0.2, 0.25) is 5.02 Å². The van der Waals surface area contributed by atoms with Crippen LogP contribution in [0.3, 0.4) is 0 Å². The molecule has 0 radical (unpaired) electrons. The molecule has 1 aromatic carbocycles. The molecule has 1 unspecified atom stereocenters. The molecule has 0 spiro atoms. The van der Waals surface area contributed by atoms with Gasteiger partial charge in [-0.05, 0) is 25.1 Å². The van der Waals surface area contributed by atoms with E-state index in [2.05, 4.69) is 15.5 Å². The van der Waals surface area contributed by atoms with Crippen LogP contribution in [0.1, 0.15) is 12.3 Å². The molecule has 1 N–H and O–H groups in total. The highest BCUT2D eigenvalue weighted by Gasteiger charge is 2.61. The van der Waals surface area contributed by atoms with Gasteiger partial charge in [0.1, 0.15) is 0 Å². The molecule has 8 heteroatoms. The number of benzene rings is 1. The molecule has 1 fully saturated rings. The normalized spacial score (nSPS) is 22.7. The monoisotopic (exact) mass is 317 g/mol. The van der Waals surface area contributed by atoms with Gasteiger partial charge < -0.3 is 9.84 Å². The predicted molar refractivity (Wildman–Crippen MR) is 70.0 cm³/mol. The summed E-state index contributed by atoms with van der Waals surface area (Å²) in [6.07, 6.45) is -4.57. The summed E-state index contributed by atoms with van der Waals surface area (Å²) in [4.78, 5) is 3.95. The van der Waals surface area contributed by atoms with Crippen molar-refractivity contribution in [2.45, 2.75) is 18.0 Å². The van der Waals surface area contributed by atoms with Crippen LogP contribution in [-0.2, 0) is 5.41 Å². The van der Waals surface area contributed by atoms with Crippen LogP contribution in [0.5, 0.6) is 0 Å². The Hall–Kier alpha value is -1.60. The standard InChI is InChI=1S/C13H11ClF3N3O/c14-9-3-1-2-8(6-9)10-19-11(21-20-10)12(13(15,16)17)4-5-18-7-12/h1-3,6,18H,4-5,7H2. The van der Waals surface area contributed by atoms with Crippen molar-refractivity contribution >= 4 is 11.6 Å². The van der Waals surface area contributed by atoms with Crippen LogP contribution in [0, 0.1) is 0 Å². The van der Waals surface area contributed by atoms with E-state index < -0.39 is 17.5 Å². The molecule has 0 aliphatic carbocycles. The second-order valence-electron chi connectivity index (χ2n) is 4.94. The highest BCUT2D eigenvalue weighted by atomic mass is 35.5. The zero-order chi connectivity index (χ0) is 15.1. The number of alkyl halides is 3. The lowest BCUT2D eigenvalue weighted by atomic mass is 9.86. The number of nitrogens with one attached hydrogen (secondary N) is 1. The lowest BCUT2D eigenvalue weighted by Gasteiger charge is -2.26. The van der Waals surface area contributed by atoms with E-state index in [1.54, 1.807) is 24.3 Å². The van der Waals surface area contributed by atoms with Gasteiger partial charge in [0.05, 0.1) is 0 Å². The van der Waals surface area contributed by atoms with Gasteiger partial charge in [-0.25, -0.2) is 0 Å². The molecule has 2 aromatic rings. The van der Waals surface area contributed by atoms with Gasteiger partial charge >= 0.3 is 6.18 Å². The van der Waals surface area contributed by atoms with Gasteiger partial charge in [0, 0.05) is 17.1 Å². The third-order valence-corrected chi connectivity index (χ3v) is 3.85. The van der Waals surface area contributed by atoms with Gasteiger partial charge in [-0.1, -0.05) is 28.9 Å². The number of hydrogen-bond donors (Lipinski definition) is 1. The maximum Gasteiger partial charge on any atom is 0.404 e. The first-order valence-corrected chi connectivity index (χ1v) is 6.68. The van der Waals surface area contributed by atoms with Crippen molar-refractivity contribution in [2.24, 2.45) is 0 Å². The number of rotatable bonds is 2. The minimum atomic E-state index is -4.45. The van der Waals surface area contributed by atoms with Gasteiger partial charge in [-0.3, -0.25) is 0 Å². The average molecular weight is 318 g/mol. The molecule has 21 heavy (non-hydrogen) atoms. The summed E-state index contributed by atoms with van der Waals surface area (Å²) in [5, 5.41) is 6.82. The summed E-state index contributed by atoms with van der Waals surface area (Å²) in [6.45, 7) is 0.00205. The zero-order valence-electron chi connectivity index (χ0n) is 10.7. The molecule has 0 amide bonds. The van der Waals surface area contributed by atoms with Gasteiger partial charge in [-0.15, -0.1) is 0 Å². The second kappa shape index (κ2) is 4.99. The fourth-order valence-electron chi connectivity index (χ4n) is 2.40. The average Bonchev–Trinajstić information content (AvgIpc) is 3.08.